The van der Waals surface area contributed by atoms with Crippen LogP contribution in [0.1, 0.15) is 24.0 Å². The first-order valence-corrected chi connectivity index (χ1v) is 9.55. The first-order chi connectivity index (χ1) is 13.1. The Kier molecular flexibility index (Phi) is 5.32. The maximum absolute atomic E-state index is 13.3. The van der Waals surface area contributed by atoms with Crippen molar-refractivity contribution in [2.24, 2.45) is 11.8 Å². The van der Waals surface area contributed by atoms with Crippen LogP contribution in [-0.2, 0) is 13.2 Å². The summed E-state index contributed by atoms with van der Waals surface area (Å²) in [6.07, 6.45) is 1.78. The molecule has 1 aliphatic carbocycles. The number of methoxy groups -OCH3 is 1. The Morgan fingerprint density at radius 3 is 2.52 bits per heavy atom. The van der Waals surface area contributed by atoms with Gasteiger partial charge in [0.1, 0.15) is 12.4 Å². The van der Waals surface area contributed by atoms with Crippen molar-refractivity contribution in [1.29, 1.82) is 0 Å². The molecule has 1 unspecified atom stereocenters. The molecule has 0 aromatic heterocycles. The lowest BCUT2D eigenvalue weighted by atomic mass is 10.0. The van der Waals surface area contributed by atoms with Crippen LogP contribution in [-0.4, -0.2) is 36.3 Å². The van der Waals surface area contributed by atoms with Crippen LogP contribution in [0.5, 0.6) is 11.5 Å². The molecule has 0 amide bonds. The van der Waals surface area contributed by atoms with Gasteiger partial charge in [-0.1, -0.05) is 18.2 Å². The molecule has 0 bridgehead atoms. The van der Waals surface area contributed by atoms with E-state index in [0.29, 0.717) is 29.9 Å². The number of hydrogen-bond donors (Lipinski definition) is 1. The lowest BCUT2D eigenvalue weighted by Gasteiger charge is -2.19. The smallest absolute Gasteiger partial charge is 0.161 e. The molecule has 1 saturated carbocycles. The van der Waals surface area contributed by atoms with E-state index in [1.54, 1.807) is 13.2 Å². The number of fused-ring (bicyclic) bond motifs is 1. The van der Waals surface area contributed by atoms with Gasteiger partial charge in [0.05, 0.1) is 13.2 Å². The molecule has 1 N–H and O–H groups in total. The van der Waals surface area contributed by atoms with Gasteiger partial charge in [0.15, 0.2) is 11.5 Å². The molecule has 4 nitrogen and oxygen atoms in total. The fourth-order valence-electron chi connectivity index (χ4n) is 4.47. The number of benzene rings is 2. The fraction of sp³-hybridized carbons (Fsp3) is 0.455. The second-order valence-corrected chi connectivity index (χ2v) is 7.74. The molecule has 2 aromatic rings. The zero-order chi connectivity index (χ0) is 18.8. The number of rotatable bonds is 6. The molecule has 5 heteroatoms. The van der Waals surface area contributed by atoms with Crippen LogP contribution >= 0.6 is 0 Å². The van der Waals surface area contributed by atoms with E-state index in [0.717, 1.165) is 38.0 Å². The van der Waals surface area contributed by atoms with Gasteiger partial charge < -0.3 is 14.6 Å². The second-order valence-electron chi connectivity index (χ2n) is 7.74. The summed E-state index contributed by atoms with van der Waals surface area (Å²) in [7, 11) is 1.63. The zero-order valence-electron chi connectivity index (χ0n) is 15.6. The Morgan fingerprint density at radius 1 is 1.04 bits per heavy atom. The fourth-order valence-corrected chi connectivity index (χ4v) is 4.47. The van der Waals surface area contributed by atoms with Gasteiger partial charge in [0, 0.05) is 19.6 Å². The summed E-state index contributed by atoms with van der Waals surface area (Å²) < 4.78 is 24.6. The SMILES string of the molecule is COc1cc(CN2C[C@H]3CC(O)C[C@H]3C2)ccc1OCc1cccc(F)c1. The van der Waals surface area contributed by atoms with E-state index in [2.05, 4.69) is 11.0 Å². The maximum atomic E-state index is 13.3. The Labute approximate surface area is 159 Å². The van der Waals surface area contributed by atoms with Gasteiger partial charge >= 0.3 is 0 Å². The summed E-state index contributed by atoms with van der Waals surface area (Å²) in [5.41, 5.74) is 1.97. The third kappa shape index (κ3) is 4.25. The van der Waals surface area contributed by atoms with E-state index < -0.39 is 0 Å². The largest absolute Gasteiger partial charge is 0.493 e. The third-order valence-corrected chi connectivity index (χ3v) is 5.72. The van der Waals surface area contributed by atoms with Crippen molar-refractivity contribution in [2.75, 3.05) is 20.2 Å². The summed E-state index contributed by atoms with van der Waals surface area (Å²) in [6, 6.07) is 12.4. The number of halogens is 1. The molecule has 1 saturated heterocycles. The van der Waals surface area contributed by atoms with Crippen LogP contribution in [0, 0.1) is 17.7 Å². The van der Waals surface area contributed by atoms with Crippen LogP contribution in [0.15, 0.2) is 42.5 Å². The first kappa shape index (κ1) is 18.3. The third-order valence-electron chi connectivity index (χ3n) is 5.72. The molecule has 0 radical (unpaired) electrons. The van der Waals surface area contributed by atoms with E-state index >= 15 is 0 Å². The van der Waals surface area contributed by atoms with Crippen molar-refractivity contribution < 1.29 is 19.0 Å². The number of hydrogen-bond acceptors (Lipinski definition) is 4. The van der Waals surface area contributed by atoms with E-state index in [-0.39, 0.29) is 11.9 Å². The van der Waals surface area contributed by atoms with Crippen molar-refractivity contribution in [3.05, 3.63) is 59.4 Å². The highest BCUT2D eigenvalue weighted by Crippen LogP contribution is 2.39. The highest BCUT2D eigenvalue weighted by atomic mass is 19.1. The van der Waals surface area contributed by atoms with Gasteiger partial charge in [-0.25, -0.2) is 4.39 Å². The van der Waals surface area contributed by atoms with Gasteiger partial charge in [-0.05, 0) is 60.1 Å². The minimum absolute atomic E-state index is 0.100. The predicted octanol–water partition coefficient (Wildman–Crippen LogP) is 3.62. The lowest BCUT2D eigenvalue weighted by molar-refractivity contribution is 0.161. The van der Waals surface area contributed by atoms with Gasteiger partial charge in [-0.3, -0.25) is 4.90 Å². The number of aliphatic hydroxyl groups excluding tert-OH is 1. The van der Waals surface area contributed by atoms with E-state index in [1.165, 1.54) is 17.7 Å². The molecule has 2 fully saturated rings. The molecule has 2 aliphatic rings. The molecular weight excluding hydrogens is 345 g/mol. The topological polar surface area (TPSA) is 41.9 Å². The molecule has 2 aromatic carbocycles. The van der Waals surface area contributed by atoms with E-state index in [9.17, 15) is 9.50 Å². The number of ether oxygens (including phenoxy) is 2. The number of likely N-dealkylation sites (tertiary alicyclic amines) is 1. The normalized spacial score (nSPS) is 24.8. The van der Waals surface area contributed by atoms with Gasteiger partial charge in [-0.15, -0.1) is 0 Å². The van der Waals surface area contributed by atoms with Gasteiger partial charge in [-0.2, -0.15) is 0 Å². The number of nitrogens with zero attached hydrogens (tertiary/aromatic N) is 1. The van der Waals surface area contributed by atoms with Crippen molar-refractivity contribution in [3.8, 4) is 11.5 Å². The van der Waals surface area contributed by atoms with Gasteiger partial charge in [0.2, 0.25) is 0 Å². The molecule has 27 heavy (non-hydrogen) atoms. The Morgan fingerprint density at radius 2 is 1.81 bits per heavy atom. The summed E-state index contributed by atoms with van der Waals surface area (Å²) in [6.45, 7) is 3.29. The van der Waals surface area contributed by atoms with Crippen molar-refractivity contribution in [2.45, 2.75) is 32.1 Å². The molecule has 0 spiro atoms. The standard InChI is InChI=1S/C22H26FNO3/c1-26-22-8-15(11-24-12-17-9-20(25)10-18(17)13-24)5-6-21(22)27-14-16-3-2-4-19(23)7-16/h2-8,17-18,20,25H,9-14H2,1H3/t17-,18+,20?. The highest BCUT2D eigenvalue weighted by Gasteiger charge is 2.39. The molecule has 1 aliphatic heterocycles. The zero-order valence-corrected chi connectivity index (χ0v) is 15.6. The van der Waals surface area contributed by atoms with Crippen molar-refractivity contribution >= 4 is 0 Å². The Hall–Kier alpha value is -2.11. The monoisotopic (exact) mass is 371 g/mol. The van der Waals surface area contributed by atoms with Crippen LogP contribution in [0.4, 0.5) is 4.39 Å². The molecule has 3 atom stereocenters. The van der Waals surface area contributed by atoms with Crippen LogP contribution in [0.25, 0.3) is 0 Å². The summed E-state index contributed by atoms with van der Waals surface area (Å²) in [5, 5.41) is 9.79. The summed E-state index contributed by atoms with van der Waals surface area (Å²) in [5.74, 6) is 2.36. The van der Waals surface area contributed by atoms with Crippen LogP contribution < -0.4 is 9.47 Å². The second kappa shape index (κ2) is 7.87. The molecule has 144 valence electrons. The van der Waals surface area contributed by atoms with Crippen LogP contribution in [0.2, 0.25) is 0 Å². The summed E-state index contributed by atoms with van der Waals surface area (Å²) in [4.78, 5) is 2.46. The average molecular weight is 371 g/mol. The quantitative estimate of drug-likeness (QED) is 0.842. The first-order valence-electron chi connectivity index (χ1n) is 9.55. The minimum Gasteiger partial charge on any atom is -0.493 e. The molecule has 1 heterocycles. The van der Waals surface area contributed by atoms with Crippen molar-refractivity contribution in [3.63, 3.8) is 0 Å². The average Bonchev–Trinajstić information content (AvgIpc) is 3.17. The molecule has 4 rings (SSSR count). The minimum atomic E-state index is -0.263. The Balaban J connectivity index is 1.38. The van der Waals surface area contributed by atoms with E-state index in [1.807, 2.05) is 18.2 Å². The summed E-state index contributed by atoms with van der Waals surface area (Å²) >= 11 is 0. The van der Waals surface area contributed by atoms with E-state index in [4.69, 9.17) is 9.47 Å². The Bertz CT molecular complexity index is 783. The van der Waals surface area contributed by atoms with Crippen molar-refractivity contribution in [1.82, 2.24) is 4.90 Å². The maximum Gasteiger partial charge on any atom is 0.161 e. The van der Waals surface area contributed by atoms with Gasteiger partial charge in [0.25, 0.3) is 0 Å². The van der Waals surface area contributed by atoms with Crippen LogP contribution in [0.3, 0.4) is 0 Å². The lowest BCUT2D eigenvalue weighted by Crippen LogP contribution is -2.22. The number of aliphatic hydroxyl groups is 1. The highest BCUT2D eigenvalue weighted by molar-refractivity contribution is 5.43. The predicted molar refractivity (Wildman–Crippen MR) is 101 cm³/mol. The molecular formula is C22H26FNO3.